The average molecular weight is 303 g/mol. The standard InChI is InChI=1S/C16H23N4O2/c21-15-4-2-1-3-14(15)18-16(22)20-11-9-19(10-12-20)13-5-7-17-8-6-13/h1-4,13,17H,5-12H2,(H,18,22). The minimum atomic E-state index is -0.173. The largest absolute Gasteiger partial charge is 0.322 e. The van der Waals surface area contributed by atoms with Gasteiger partial charge in [0.15, 0.2) is 0 Å². The fraction of sp³-hybridized carbons (Fsp3) is 0.562. The Labute approximate surface area is 131 Å². The molecule has 6 heteroatoms. The van der Waals surface area contributed by atoms with E-state index in [2.05, 4.69) is 15.5 Å². The lowest BCUT2D eigenvalue weighted by Crippen LogP contribution is -2.54. The molecule has 0 spiro atoms. The molecule has 2 amide bonds. The van der Waals surface area contributed by atoms with Gasteiger partial charge in [-0.25, -0.2) is 4.79 Å². The van der Waals surface area contributed by atoms with Crippen LogP contribution in [0.5, 0.6) is 5.75 Å². The summed E-state index contributed by atoms with van der Waals surface area (Å²) in [6, 6.07) is 7.01. The van der Waals surface area contributed by atoms with Crippen molar-refractivity contribution in [1.82, 2.24) is 15.1 Å². The molecule has 2 aliphatic rings. The minimum absolute atomic E-state index is 0.149. The Bertz CT molecular complexity index is 509. The summed E-state index contributed by atoms with van der Waals surface area (Å²) in [7, 11) is 0. The maximum Gasteiger partial charge on any atom is 0.322 e. The van der Waals surface area contributed by atoms with Crippen LogP contribution in [0.2, 0.25) is 0 Å². The van der Waals surface area contributed by atoms with E-state index in [0.717, 1.165) is 39.3 Å². The van der Waals surface area contributed by atoms with Gasteiger partial charge < -0.3 is 15.5 Å². The van der Waals surface area contributed by atoms with Crippen molar-refractivity contribution < 1.29 is 9.90 Å². The molecule has 2 heterocycles. The number of piperazine rings is 1. The number of carbonyl (C=O) groups is 1. The maximum atomic E-state index is 12.3. The van der Waals surface area contributed by atoms with Gasteiger partial charge in [-0.15, -0.1) is 0 Å². The molecule has 3 rings (SSSR count). The predicted octanol–water partition coefficient (Wildman–Crippen LogP) is 1.73. The fourth-order valence-corrected chi connectivity index (χ4v) is 3.23. The molecule has 2 saturated heterocycles. The molecule has 22 heavy (non-hydrogen) atoms. The third kappa shape index (κ3) is 3.51. The van der Waals surface area contributed by atoms with E-state index >= 15 is 0 Å². The van der Waals surface area contributed by atoms with Crippen LogP contribution in [0.1, 0.15) is 12.8 Å². The molecule has 1 radical (unpaired) electrons. The van der Waals surface area contributed by atoms with Gasteiger partial charge in [0, 0.05) is 32.2 Å². The lowest BCUT2D eigenvalue weighted by atomic mass is 10.0. The van der Waals surface area contributed by atoms with Gasteiger partial charge in [0.05, 0.1) is 5.69 Å². The molecule has 1 aromatic rings. The first-order chi connectivity index (χ1) is 10.7. The number of nitrogens with zero attached hydrogens (tertiary/aromatic N) is 2. The number of carbonyl (C=O) groups excluding carboxylic acids is 1. The van der Waals surface area contributed by atoms with Gasteiger partial charge in [-0.2, -0.15) is 0 Å². The average Bonchev–Trinajstić information content (AvgIpc) is 2.58. The molecular weight excluding hydrogens is 280 g/mol. The van der Waals surface area contributed by atoms with E-state index in [1.165, 1.54) is 18.9 Å². The Morgan fingerprint density at radius 2 is 1.77 bits per heavy atom. The number of piperidine rings is 1. The first kappa shape index (κ1) is 15.1. The zero-order valence-electron chi connectivity index (χ0n) is 12.8. The van der Waals surface area contributed by atoms with Crippen molar-refractivity contribution in [2.24, 2.45) is 0 Å². The van der Waals surface area contributed by atoms with Crippen LogP contribution in [0.25, 0.3) is 0 Å². The number of para-hydroxylation sites is 2. The summed E-state index contributed by atoms with van der Waals surface area (Å²) < 4.78 is 0. The summed E-state index contributed by atoms with van der Waals surface area (Å²) in [6.45, 7) is 5.44. The monoisotopic (exact) mass is 303 g/mol. The second-order valence-electron chi connectivity index (χ2n) is 5.93. The molecule has 0 unspecified atom stereocenters. The highest BCUT2D eigenvalue weighted by atomic mass is 16.3. The zero-order valence-corrected chi connectivity index (χ0v) is 12.8. The lowest BCUT2D eigenvalue weighted by Gasteiger charge is -2.40. The van der Waals surface area contributed by atoms with Crippen LogP contribution in [0.4, 0.5) is 10.5 Å². The smallest absolute Gasteiger partial charge is 0.322 e. The van der Waals surface area contributed by atoms with Crippen LogP contribution < -0.4 is 10.6 Å². The lowest BCUT2D eigenvalue weighted by molar-refractivity contribution is 0.0975. The second kappa shape index (κ2) is 6.98. The van der Waals surface area contributed by atoms with E-state index in [4.69, 9.17) is 0 Å². The van der Waals surface area contributed by atoms with Crippen molar-refractivity contribution in [3.05, 3.63) is 24.3 Å². The van der Waals surface area contributed by atoms with E-state index < -0.39 is 0 Å². The molecule has 119 valence electrons. The highest BCUT2D eigenvalue weighted by Gasteiger charge is 2.27. The first-order valence-electron chi connectivity index (χ1n) is 8.01. The van der Waals surface area contributed by atoms with Gasteiger partial charge in [0.2, 0.25) is 5.75 Å². The number of amides is 2. The van der Waals surface area contributed by atoms with Gasteiger partial charge in [-0.05, 0) is 38.1 Å². The van der Waals surface area contributed by atoms with E-state index in [1.54, 1.807) is 23.1 Å². The van der Waals surface area contributed by atoms with Gasteiger partial charge >= 0.3 is 6.03 Å². The van der Waals surface area contributed by atoms with Crippen LogP contribution in [-0.2, 0) is 5.11 Å². The topological polar surface area (TPSA) is 67.5 Å². The molecule has 2 N–H and O–H groups in total. The Morgan fingerprint density at radius 3 is 2.45 bits per heavy atom. The van der Waals surface area contributed by atoms with Crippen LogP contribution >= 0.6 is 0 Å². The first-order valence-corrected chi connectivity index (χ1v) is 8.01. The normalized spacial score (nSPS) is 20.8. The Kier molecular flexibility index (Phi) is 4.80. The number of hydrogen-bond donors (Lipinski definition) is 2. The van der Waals surface area contributed by atoms with Crippen LogP contribution in [0.3, 0.4) is 0 Å². The van der Waals surface area contributed by atoms with Gasteiger partial charge in [-0.1, -0.05) is 12.1 Å². The number of nitrogens with one attached hydrogen (secondary N) is 2. The maximum absolute atomic E-state index is 12.3. The number of urea groups is 1. The number of benzene rings is 1. The van der Waals surface area contributed by atoms with E-state index in [9.17, 15) is 9.90 Å². The molecule has 2 fully saturated rings. The summed E-state index contributed by atoms with van der Waals surface area (Å²) in [5.41, 5.74) is 0.355. The highest BCUT2D eigenvalue weighted by Crippen LogP contribution is 2.23. The third-order valence-electron chi connectivity index (χ3n) is 4.56. The summed E-state index contributed by atoms with van der Waals surface area (Å²) in [5.74, 6) is -0.149. The van der Waals surface area contributed by atoms with Crippen molar-refractivity contribution in [1.29, 1.82) is 0 Å². The number of rotatable bonds is 2. The number of anilines is 1. The summed E-state index contributed by atoms with van der Waals surface area (Å²) in [6.07, 6.45) is 2.38. The molecule has 0 saturated carbocycles. The van der Waals surface area contributed by atoms with E-state index in [0.29, 0.717) is 11.7 Å². The Morgan fingerprint density at radius 1 is 1.09 bits per heavy atom. The second-order valence-corrected chi connectivity index (χ2v) is 5.93. The molecule has 2 aliphatic heterocycles. The van der Waals surface area contributed by atoms with E-state index in [-0.39, 0.29) is 11.8 Å². The van der Waals surface area contributed by atoms with Crippen LogP contribution in [0, 0.1) is 0 Å². The van der Waals surface area contributed by atoms with Gasteiger partial charge in [0.1, 0.15) is 0 Å². The third-order valence-corrected chi connectivity index (χ3v) is 4.56. The van der Waals surface area contributed by atoms with Crippen molar-refractivity contribution >= 4 is 11.7 Å². The molecule has 6 nitrogen and oxygen atoms in total. The highest BCUT2D eigenvalue weighted by molar-refractivity contribution is 5.90. The van der Waals surface area contributed by atoms with Crippen molar-refractivity contribution in [3.63, 3.8) is 0 Å². The molecule has 0 bridgehead atoms. The minimum Gasteiger partial charge on any atom is -0.322 e. The number of hydrogen-bond acceptors (Lipinski definition) is 3. The van der Waals surface area contributed by atoms with Crippen LogP contribution in [0.15, 0.2) is 24.3 Å². The van der Waals surface area contributed by atoms with Crippen molar-refractivity contribution in [3.8, 4) is 5.75 Å². The SMILES string of the molecule is [O]c1ccccc1NC(=O)N1CCN(C2CCNCC2)CC1. The zero-order chi connectivity index (χ0) is 15.4. The fourth-order valence-electron chi connectivity index (χ4n) is 3.23. The van der Waals surface area contributed by atoms with Crippen LogP contribution in [-0.4, -0.2) is 61.1 Å². The summed E-state index contributed by atoms with van der Waals surface area (Å²) in [4.78, 5) is 16.5. The molecule has 0 aromatic heterocycles. The Hall–Kier alpha value is -1.79. The molecular formula is C16H23N4O2. The van der Waals surface area contributed by atoms with Gasteiger partial charge in [-0.3, -0.25) is 10.0 Å². The van der Waals surface area contributed by atoms with Gasteiger partial charge in [0.25, 0.3) is 0 Å². The summed E-state index contributed by atoms with van der Waals surface area (Å²) >= 11 is 0. The summed E-state index contributed by atoms with van der Waals surface area (Å²) in [5, 5.41) is 17.8. The van der Waals surface area contributed by atoms with Crippen molar-refractivity contribution in [2.75, 3.05) is 44.6 Å². The van der Waals surface area contributed by atoms with Crippen molar-refractivity contribution in [2.45, 2.75) is 18.9 Å². The Balaban J connectivity index is 1.50. The quantitative estimate of drug-likeness (QED) is 0.874. The van der Waals surface area contributed by atoms with E-state index in [1.807, 2.05) is 0 Å². The predicted molar refractivity (Wildman–Crippen MR) is 84.6 cm³/mol. The molecule has 0 aliphatic carbocycles. The molecule has 1 aromatic carbocycles. The molecule has 0 atom stereocenters.